The predicted octanol–water partition coefficient (Wildman–Crippen LogP) is 2.54. The van der Waals surface area contributed by atoms with Crippen molar-refractivity contribution in [2.75, 3.05) is 0 Å². The minimum atomic E-state index is -4.28. The maximum Gasteiger partial charge on any atom is 0.294 e. The number of para-hydroxylation sites is 1. The van der Waals surface area contributed by atoms with Crippen molar-refractivity contribution >= 4 is 22.0 Å². The molecule has 108 valence electrons. The van der Waals surface area contributed by atoms with Gasteiger partial charge in [0.15, 0.2) is 5.78 Å². The summed E-state index contributed by atoms with van der Waals surface area (Å²) in [5.41, 5.74) is 0.591. The standard InChI is InChI=1S/C15H12O5S/c16-14-7-2-1-6-13(14)15(17)9-8-11-4-3-5-12(10-11)21(18,19)20/h1-10,16H,(H,18,19,20)/b9-8+. The van der Waals surface area contributed by atoms with Gasteiger partial charge in [-0.1, -0.05) is 30.3 Å². The highest BCUT2D eigenvalue weighted by molar-refractivity contribution is 7.85. The van der Waals surface area contributed by atoms with Crippen molar-refractivity contribution < 1.29 is 22.9 Å². The minimum Gasteiger partial charge on any atom is -0.507 e. The SMILES string of the molecule is O=C(/C=C/c1cccc(S(=O)(=O)O)c1)c1ccccc1O. The van der Waals surface area contributed by atoms with E-state index in [0.717, 1.165) is 0 Å². The Morgan fingerprint density at radius 3 is 2.43 bits per heavy atom. The van der Waals surface area contributed by atoms with Crippen LogP contribution in [0.4, 0.5) is 0 Å². The van der Waals surface area contributed by atoms with Gasteiger partial charge in [-0.15, -0.1) is 0 Å². The third kappa shape index (κ3) is 3.77. The number of aromatic hydroxyl groups is 1. The number of benzene rings is 2. The molecule has 0 fully saturated rings. The van der Waals surface area contributed by atoms with E-state index in [0.29, 0.717) is 5.56 Å². The van der Waals surface area contributed by atoms with E-state index in [9.17, 15) is 18.3 Å². The molecule has 0 radical (unpaired) electrons. The number of carbonyl (C=O) groups is 1. The molecular weight excluding hydrogens is 292 g/mol. The quantitative estimate of drug-likeness (QED) is 0.514. The molecule has 2 aromatic carbocycles. The number of allylic oxidation sites excluding steroid dienone is 1. The van der Waals surface area contributed by atoms with Crippen LogP contribution in [0.5, 0.6) is 5.75 Å². The lowest BCUT2D eigenvalue weighted by molar-refractivity contribution is 0.104. The molecule has 0 saturated carbocycles. The lowest BCUT2D eigenvalue weighted by Crippen LogP contribution is -1.98. The second-order valence-electron chi connectivity index (χ2n) is 4.26. The van der Waals surface area contributed by atoms with Gasteiger partial charge in [0.2, 0.25) is 0 Å². The molecule has 0 bridgehead atoms. The summed E-state index contributed by atoms with van der Waals surface area (Å²) >= 11 is 0. The summed E-state index contributed by atoms with van der Waals surface area (Å²) in [4.78, 5) is 11.7. The van der Waals surface area contributed by atoms with Crippen molar-refractivity contribution in [3.63, 3.8) is 0 Å². The van der Waals surface area contributed by atoms with Crippen LogP contribution in [0.25, 0.3) is 6.08 Å². The van der Waals surface area contributed by atoms with Crippen molar-refractivity contribution in [3.05, 3.63) is 65.7 Å². The first-order valence-corrected chi connectivity index (χ1v) is 7.40. The zero-order valence-electron chi connectivity index (χ0n) is 10.8. The Morgan fingerprint density at radius 1 is 1.05 bits per heavy atom. The van der Waals surface area contributed by atoms with E-state index in [1.54, 1.807) is 18.2 Å². The molecular formula is C15H12O5S. The van der Waals surface area contributed by atoms with E-state index in [4.69, 9.17) is 4.55 Å². The maximum absolute atomic E-state index is 11.9. The summed E-state index contributed by atoms with van der Waals surface area (Å²) in [5, 5.41) is 9.56. The number of phenols is 1. The van der Waals surface area contributed by atoms with Crippen LogP contribution in [0.2, 0.25) is 0 Å². The van der Waals surface area contributed by atoms with Gasteiger partial charge in [-0.3, -0.25) is 9.35 Å². The first-order valence-electron chi connectivity index (χ1n) is 5.96. The molecule has 5 nitrogen and oxygen atoms in total. The molecule has 0 aromatic heterocycles. The Kier molecular flexibility index (Phi) is 4.21. The summed E-state index contributed by atoms with van der Waals surface area (Å²) in [7, 11) is -4.28. The van der Waals surface area contributed by atoms with Gasteiger partial charge in [-0.25, -0.2) is 0 Å². The molecule has 6 heteroatoms. The number of phenolic OH excluding ortho intramolecular Hbond substituents is 1. The molecule has 0 amide bonds. The monoisotopic (exact) mass is 304 g/mol. The highest BCUT2D eigenvalue weighted by Crippen LogP contribution is 2.18. The average Bonchev–Trinajstić information content (AvgIpc) is 2.45. The number of rotatable bonds is 4. The van der Waals surface area contributed by atoms with Crippen LogP contribution < -0.4 is 0 Å². The molecule has 2 N–H and O–H groups in total. The van der Waals surface area contributed by atoms with Gasteiger partial charge in [-0.2, -0.15) is 8.42 Å². The lowest BCUT2D eigenvalue weighted by atomic mass is 10.1. The Hall–Kier alpha value is -2.44. The fourth-order valence-electron chi connectivity index (χ4n) is 1.72. The number of carbonyl (C=O) groups excluding carboxylic acids is 1. The smallest absolute Gasteiger partial charge is 0.294 e. The van der Waals surface area contributed by atoms with E-state index in [1.807, 2.05) is 0 Å². The molecule has 2 aromatic rings. The normalized spacial score (nSPS) is 11.7. The second-order valence-corrected chi connectivity index (χ2v) is 5.68. The maximum atomic E-state index is 11.9. The molecule has 0 atom stereocenters. The minimum absolute atomic E-state index is 0.126. The fraction of sp³-hybridized carbons (Fsp3) is 0. The van der Waals surface area contributed by atoms with Gasteiger partial charge in [0.05, 0.1) is 10.5 Å². The fourth-order valence-corrected chi connectivity index (χ4v) is 2.26. The summed E-state index contributed by atoms with van der Waals surface area (Å²) in [5.74, 6) is -0.538. The number of hydrogen-bond acceptors (Lipinski definition) is 4. The molecule has 0 unspecified atom stereocenters. The van der Waals surface area contributed by atoms with Gasteiger partial charge in [0.25, 0.3) is 10.1 Å². The van der Waals surface area contributed by atoms with Gasteiger partial charge in [0, 0.05) is 0 Å². The van der Waals surface area contributed by atoms with E-state index in [-0.39, 0.29) is 16.2 Å². The molecule has 0 heterocycles. The Labute approximate surface area is 121 Å². The molecule has 0 aliphatic rings. The zero-order chi connectivity index (χ0) is 15.5. The highest BCUT2D eigenvalue weighted by atomic mass is 32.2. The zero-order valence-corrected chi connectivity index (χ0v) is 11.6. The van der Waals surface area contributed by atoms with Crippen LogP contribution in [0.3, 0.4) is 0 Å². The van der Waals surface area contributed by atoms with Crippen LogP contribution in [0.15, 0.2) is 59.5 Å². The third-order valence-corrected chi connectivity index (χ3v) is 3.60. The van der Waals surface area contributed by atoms with Crippen molar-refractivity contribution in [2.45, 2.75) is 4.90 Å². The van der Waals surface area contributed by atoms with Crippen LogP contribution in [-0.4, -0.2) is 23.9 Å². The third-order valence-electron chi connectivity index (χ3n) is 2.75. The predicted molar refractivity (Wildman–Crippen MR) is 77.7 cm³/mol. The molecule has 0 aliphatic heterocycles. The van der Waals surface area contributed by atoms with Crippen LogP contribution in [-0.2, 0) is 10.1 Å². The van der Waals surface area contributed by atoms with Crippen LogP contribution in [0.1, 0.15) is 15.9 Å². The Morgan fingerprint density at radius 2 is 1.76 bits per heavy atom. The molecule has 21 heavy (non-hydrogen) atoms. The van der Waals surface area contributed by atoms with Crippen molar-refractivity contribution in [2.24, 2.45) is 0 Å². The highest BCUT2D eigenvalue weighted by Gasteiger charge is 2.09. The van der Waals surface area contributed by atoms with Crippen molar-refractivity contribution in [3.8, 4) is 5.75 Å². The van der Waals surface area contributed by atoms with E-state index >= 15 is 0 Å². The molecule has 0 spiro atoms. The largest absolute Gasteiger partial charge is 0.507 e. The lowest BCUT2D eigenvalue weighted by Gasteiger charge is -2.00. The summed E-state index contributed by atoms with van der Waals surface area (Å²) < 4.78 is 31.0. The Bertz CT molecular complexity index is 806. The second kappa shape index (κ2) is 5.90. The summed E-state index contributed by atoms with van der Waals surface area (Å²) in [6.45, 7) is 0. The van der Waals surface area contributed by atoms with Gasteiger partial charge in [-0.05, 0) is 35.9 Å². The van der Waals surface area contributed by atoms with Gasteiger partial charge < -0.3 is 5.11 Å². The van der Waals surface area contributed by atoms with E-state index < -0.39 is 15.9 Å². The topological polar surface area (TPSA) is 91.7 Å². The summed E-state index contributed by atoms with van der Waals surface area (Å²) in [6.07, 6.45) is 2.63. The van der Waals surface area contributed by atoms with Gasteiger partial charge >= 0.3 is 0 Å². The van der Waals surface area contributed by atoms with Crippen molar-refractivity contribution in [1.29, 1.82) is 0 Å². The first kappa shape index (κ1) is 15.0. The van der Waals surface area contributed by atoms with Crippen molar-refractivity contribution in [1.82, 2.24) is 0 Å². The van der Waals surface area contributed by atoms with Crippen LogP contribution in [0, 0.1) is 0 Å². The Balaban J connectivity index is 2.26. The van der Waals surface area contributed by atoms with Gasteiger partial charge in [0.1, 0.15) is 5.75 Å². The average molecular weight is 304 g/mol. The molecule has 2 rings (SSSR count). The van der Waals surface area contributed by atoms with E-state index in [2.05, 4.69) is 0 Å². The molecule has 0 saturated heterocycles. The van der Waals surface area contributed by atoms with E-state index in [1.165, 1.54) is 42.5 Å². The molecule has 0 aliphatic carbocycles. The number of hydrogen-bond donors (Lipinski definition) is 2. The first-order chi connectivity index (χ1) is 9.88. The number of ketones is 1. The van der Waals surface area contributed by atoms with Crippen LogP contribution >= 0.6 is 0 Å². The summed E-state index contributed by atoms with van der Waals surface area (Å²) in [6, 6.07) is 11.6.